The molecule has 1 aromatic heterocycles. The highest BCUT2D eigenvalue weighted by atomic mass is 79.9. The van der Waals surface area contributed by atoms with Crippen LogP contribution in [0.5, 0.6) is 0 Å². The van der Waals surface area contributed by atoms with E-state index in [-0.39, 0.29) is 11.5 Å². The standard InChI is InChI=1S/C18H19BrN6/c19-15-16(22)24-17(13(10-20)23-15)25-7-5-18(6-8-25)9-11-3-1-2-4-12(11)14(18)21/h1-4,14H,5-9,21H2,(H2,22,24)/t14-/m1/s1. The summed E-state index contributed by atoms with van der Waals surface area (Å²) in [6.07, 6.45) is 2.95. The molecule has 1 aliphatic heterocycles. The second-order valence-electron chi connectivity index (χ2n) is 6.89. The molecule has 1 spiro atoms. The summed E-state index contributed by atoms with van der Waals surface area (Å²) in [5.74, 6) is 0.876. The molecule has 2 aliphatic rings. The third-order valence-electron chi connectivity index (χ3n) is 5.62. The van der Waals surface area contributed by atoms with Crippen molar-refractivity contribution >= 4 is 27.6 Å². The Morgan fingerprint density at radius 3 is 2.64 bits per heavy atom. The summed E-state index contributed by atoms with van der Waals surface area (Å²) in [6.45, 7) is 1.60. The number of hydrogen-bond acceptors (Lipinski definition) is 6. The number of rotatable bonds is 1. The molecule has 6 nitrogen and oxygen atoms in total. The maximum Gasteiger partial charge on any atom is 0.184 e. The van der Waals surface area contributed by atoms with E-state index in [2.05, 4.69) is 61.1 Å². The number of fused-ring (bicyclic) bond motifs is 1. The molecule has 7 heteroatoms. The van der Waals surface area contributed by atoms with Crippen molar-refractivity contribution in [2.75, 3.05) is 23.7 Å². The van der Waals surface area contributed by atoms with Gasteiger partial charge in [-0.2, -0.15) is 5.26 Å². The summed E-state index contributed by atoms with van der Waals surface area (Å²) < 4.78 is 0.412. The average molecular weight is 399 g/mol. The van der Waals surface area contributed by atoms with Crippen LogP contribution in [0.25, 0.3) is 0 Å². The Morgan fingerprint density at radius 1 is 1.24 bits per heavy atom. The van der Waals surface area contributed by atoms with Gasteiger partial charge >= 0.3 is 0 Å². The van der Waals surface area contributed by atoms with E-state index in [0.29, 0.717) is 21.9 Å². The lowest BCUT2D eigenvalue weighted by Gasteiger charge is -2.42. The van der Waals surface area contributed by atoms with Crippen LogP contribution in [-0.4, -0.2) is 23.1 Å². The zero-order valence-electron chi connectivity index (χ0n) is 13.7. The number of benzene rings is 1. The molecule has 1 aliphatic carbocycles. The second kappa shape index (κ2) is 5.97. The largest absolute Gasteiger partial charge is 0.381 e. The number of halogens is 1. The van der Waals surface area contributed by atoms with Gasteiger partial charge in [0.1, 0.15) is 10.7 Å². The molecular formula is C18H19BrN6. The van der Waals surface area contributed by atoms with Crippen molar-refractivity contribution in [3.63, 3.8) is 0 Å². The number of aromatic nitrogens is 2. The van der Waals surface area contributed by atoms with Crippen molar-refractivity contribution in [3.8, 4) is 6.07 Å². The van der Waals surface area contributed by atoms with E-state index in [9.17, 15) is 5.26 Å². The maximum absolute atomic E-state index is 9.37. The Hall–Kier alpha value is -2.17. The average Bonchev–Trinajstić information content (AvgIpc) is 2.90. The molecular weight excluding hydrogens is 380 g/mol. The minimum atomic E-state index is 0.0716. The van der Waals surface area contributed by atoms with Crippen LogP contribution in [0.3, 0.4) is 0 Å². The fourth-order valence-corrected chi connectivity index (χ4v) is 4.45. The van der Waals surface area contributed by atoms with Crippen LogP contribution in [0, 0.1) is 16.7 Å². The number of nitrogens with zero attached hydrogens (tertiary/aromatic N) is 4. The lowest BCUT2D eigenvalue weighted by molar-refractivity contribution is 0.187. The first-order valence-electron chi connectivity index (χ1n) is 8.35. The number of nitriles is 1. The van der Waals surface area contributed by atoms with Crippen molar-refractivity contribution in [2.24, 2.45) is 11.1 Å². The van der Waals surface area contributed by atoms with Gasteiger partial charge in [-0.15, -0.1) is 0 Å². The van der Waals surface area contributed by atoms with Crippen LogP contribution in [-0.2, 0) is 6.42 Å². The van der Waals surface area contributed by atoms with E-state index in [1.807, 2.05) is 0 Å². The Balaban J connectivity index is 1.58. The van der Waals surface area contributed by atoms with Gasteiger partial charge in [-0.3, -0.25) is 0 Å². The highest BCUT2D eigenvalue weighted by Gasteiger charge is 2.46. The number of nitrogen functional groups attached to an aromatic ring is 1. The molecule has 4 N–H and O–H groups in total. The Morgan fingerprint density at radius 2 is 1.96 bits per heavy atom. The quantitative estimate of drug-likeness (QED) is 0.764. The van der Waals surface area contributed by atoms with Crippen molar-refractivity contribution in [3.05, 3.63) is 45.7 Å². The lowest BCUT2D eigenvalue weighted by Crippen LogP contribution is -2.45. The van der Waals surface area contributed by atoms with Gasteiger partial charge in [-0.05, 0) is 51.7 Å². The number of nitrogens with two attached hydrogens (primary N) is 2. The Kier molecular flexibility index (Phi) is 3.89. The SMILES string of the molecule is N#Cc1nc(Br)c(N)nc1N1CCC2(CC1)Cc1ccccc1[C@H]2N. The monoisotopic (exact) mass is 398 g/mol. The van der Waals surface area contributed by atoms with Crippen LogP contribution in [0.2, 0.25) is 0 Å². The van der Waals surface area contributed by atoms with E-state index in [1.165, 1.54) is 11.1 Å². The van der Waals surface area contributed by atoms with Gasteiger partial charge in [0.2, 0.25) is 0 Å². The molecule has 0 radical (unpaired) electrons. The summed E-state index contributed by atoms with van der Waals surface area (Å²) in [5, 5.41) is 9.37. The summed E-state index contributed by atoms with van der Waals surface area (Å²) in [7, 11) is 0. The zero-order chi connectivity index (χ0) is 17.6. The summed E-state index contributed by atoms with van der Waals surface area (Å²) in [5.41, 5.74) is 15.5. The molecule has 1 fully saturated rings. The number of piperidine rings is 1. The smallest absolute Gasteiger partial charge is 0.184 e. The van der Waals surface area contributed by atoms with Crippen LogP contribution < -0.4 is 16.4 Å². The topological polar surface area (TPSA) is 105 Å². The first-order chi connectivity index (χ1) is 12.0. The summed E-state index contributed by atoms with van der Waals surface area (Å²) in [6, 6.07) is 10.7. The van der Waals surface area contributed by atoms with Gasteiger partial charge in [0.15, 0.2) is 17.3 Å². The highest BCUT2D eigenvalue weighted by molar-refractivity contribution is 9.10. The van der Waals surface area contributed by atoms with Crippen LogP contribution in [0.1, 0.15) is 35.7 Å². The van der Waals surface area contributed by atoms with Crippen molar-refractivity contribution < 1.29 is 0 Å². The normalized spacial score (nSPS) is 21.2. The minimum absolute atomic E-state index is 0.0716. The fraction of sp³-hybridized carbons (Fsp3) is 0.389. The second-order valence-corrected chi connectivity index (χ2v) is 7.64. The molecule has 1 saturated heterocycles. The fourth-order valence-electron chi connectivity index (χ4n) is 4.18. The van der Waals surface area contributed by atoms with Gasteiger partial charge in [0, 0.05) is 19.1 Å². The van der Waals surface area contributed by atoms with Crippen molar-refractivity contribution in [2.45, 2.75) is 25.3 Å². The van der Waals surface area contributed by atoms with Gasteiger partial charge in [-0.25, -0.2) is 9.97 Å². The molecule has 4 rings (SSSR count). The van der Waals surface area contributed by atoms with E-state index >= 15 is 0 Å². The molecule has 2 heterocycles. The zero-order valence-corrected chi connectivity index (χ0v) is 15.3. The lowest BCUT2D eigenvalue weighted by atomic mass is 9.73. The van der Waals surface area contributed by atoms with Crippen LogP contribution in [0.4, 0.5) is 11.6 Å². The molecule has 0 saturated carbocycles. The van der Waals surface area contributed by atoms with Crippen molar-refractivity contribution in [1.82, 2.24) is 9.97 Å². The van der Waals surface area contributed by atoms with E-state index in [1.54, 1.807) is 0 Å². The van der Waals surface area contributed by atoms with Gasteiger partial charge in [0.25, 0.3) is 0 Å². The third-order valence-corrected chi connectivity index (χ3v) is 6.20. The third kappa shape index (κ3) is 2.57. The molecule has 0 amide bonds. The molecule has 25 heavy (non-hydrogen) atoms. The molecule has 2 aromatic rings. The van der Waals surface area contributed by atoms with E-state index in [0.717, 1.165) is 32.4 Å². The van der Waals surface area contributed by atoms with Crippen molar-refractivity contribution in [1.29, 1.82) is 5.26 Å². The molecule has 1 aromatic carbocycles. The van der Waals surface area contributed by atoms with Gasteiger partial charge < -0.3 is 16.4 Å². The van der Waals surface area contributed by atoms with E-state index < -0.39 is 0 Å². The Labute approximate surface area is 155 Å². The van der Waals surface area contributed by atoms with Crippen LogP contribution in [0.15, 0.2) is 28.9 Å². The summed E-state index contributed by atoms with van der Waals surface area (Å²) >= 11 is 3.23. The first-order valence-corrected chi connectivity index (χ1v) is 9.15. The van der Waals surface area contributed by atoms with Gasteiger partial charge in [-0.1, -0.05) is 24.3 Å². The van der Waals surface area contributed by atoms with Gasteiger partial charge in [0.05, 0.1) is 0 Å². The number of anilines is 2. The van der Waals surface area contributed by atoms with E-state index in [4.69, 9.17) is 11.5 Å². The molecule has 0 bridgehead atoms. The predicted molar refractivity (Wildman–Crippen MR) is 99.8 cm³/mol. The molecule has 128 valence electrons. The Bertz CT molecular complexity index is 866. The number of hydrogen-bond donors (Lipinski definition) is 2. The predicted octanol–water partition coefficient (Wildman–Crippen LogP) is 2.54. The maximum atomic E-state index is 9.37. The molecule has 1 atom stereocenters. The first kappa shape index (κ1) is 16.3. The highest BCUT2D eigenvalue weighted by Crippen LogP contribution is 2.51. The minimum Gasteiger partial charge on any atom is -0.381 e. The van der Waals surface area contributed by atoms with Crippen LogP contribution >= 0.6 is 15.9 Å². The summed E-state index contributed by atoms with van der Waals surface area (Å²) in [4.78, 5) is 10.7. The molecule has 0 unspecified atom stereocenters.